The molecule has 1 aromatic heterocycles. The lowest BCUT2D eigenvalue weighted by molar-refractivity contribution is 0.112. The number of fused-ring (bicyclic) bond motifs is 1. The number of anilines is 1. The molecule has 1 aromatic carbocycles. The summed E-state index contributed by atoms with van der Waals surface area (Å²) in [7, 11) is 0. The van der Waals surface area contributed by atoms with Crippen LogP contribution < -0.4 is 5.73 Å². The maximum absolute atomic E-state index is 10.6. The van der Waals surface area contributed by atoms with Gasteiger partial charge in [0.1, 0.15) is 5.75 Å². The van der Waals surface area contributed by atoms with Crippen LogP contribution >= 0.6 is 11.3 Å². The van der Waals surface area contributed by atoms with Crippen LogP contribution in [0.1, 0.15) is 10.4 Å². The van der Waals surface area contributed by atoms with Gasteiger partial charge in [0, 0.05) is 15.6 Å². The summed E-state index contributed by atoms with van der Waals surface area (Å²) in [6.07, 6.45) is 0.647. The molecule has 3 nitrogen and oxygen atoms in total. The lowest BCUT2D eigenvalue weighted by Gasteiger charge is -2.02. The highest BCUT2D eigenvalue weighted by atomic mass is 32.1. The van der Waals surface area contributed by atoms with Gasteiger partial charge in [-0.15, -0.1) is 11.3 Å². The third-order valence-electron chi connectivity index (χ3n) is 1.93. The lowest BCUT2D eigenvalue weighted by atomic mass is 10.1. The van der Waals surface area contributed by atoms with Gasteiger partial charge in [-0.1, -0.05) is 0 Å². The van der Waals surface area contributed by atoms with Gasteiger partial charge in [-0.25, -0.2) is 0 Å². The molecule has 0 atom stereocenters. The number of thiophene rings is 1. The average Bonchev–Trinajstić information content (AvgIpc) is 2.59. The topological polar surface area (TPSA) is 63.3 Å². The molecule has 3 N–H and O–H groups in total. The fraction of sp³-hybridized carbons (Fsp3) is 0. The summed E-state index contributed by atoms with van der Waals surface area (Å²) in [6.45, 7) is 0. The number of benzene rings is 1. The Hall–Kier alpha value is -1.55. The first-order valence-electron chi connectivity index (χ1n) is 3.68. The highest BCUT2D eigenvalue weighted by molar-refractivity contribution is 7.17. The molecule has 0 aliphatic heterocycles. The standard InChI is InChI=1S/C9H7NO2S/c10-8-5(4-11)3-7-6(9(8)12)1-2-13-7/h1-4,12H,10H2. The van der Waals surface area contributed by atoms with Crippen molar-refractivity contribution in [2.75, 3.05) is 5.73 Å². The molecule has 4 heteroatoms. The van der Waals surface area contributed by atoms with Crippen molar-refractivity contribution in [2.24, 2.45) is 0 Å². The number of aromatic hydroxyl groups is 1. The molecule has 66 valence electrons. The highest BCUT2D eigenvalue weighted by Crippen LogP contribution is 2.35. The maximum atomic E-state index is 10.6. The third kappa shape index (κ3) is 1.07. The lowest BCUT2D eigenvalue weighted by Crippen LogP contribution is -1.92. The second-order valence-electron chi connectivity index (χ2n) is 2.68. The molecule has 0 radical (unpaired) electrons. The molecular formula is C9H7NO2S. The normalized spacial score (nSPS) is 10.5. The van der Waals surface area contributed by atoms with E-state index in [1.165, 1.54) is 11.3 Å². The quantitative estimate of drug-likeness (QED) is 0.413. The molecule has 0 amide bonds. The molecule has 2 rings (SSSR count). The van der Waals surface area contributed by atoms with Crippen LogP contribution in [-0.2, 0) is 0 Å². The molecule has 13 heavy (non-hydrogen) atoms. The fourth-order valence-corrected chi connectivity index (χ4v) is 2.06. The highest BCUT2D eigenvalue weighted by Gasteiger charge is 2.09. The van der Waals surface area contributed by atoms with E-state index in [1.807, 2.05) is 5.38 Å². The van der Waals surface area contributed by atoms with Crippen molar-refractivity contribution in [3.8, 4) is 5.75 Å². The van der Waals surface area contributed by atoms with Crippen molar-refractivity contribution in [1.29, 1.82) is 0 Å². The van der Waals surface area contributed by atoms with Gasteiger partial charge in [0.05, 0.1) is 5.69 Å². The SMILES string of the molecule is Nc1c(C=O)cc2sccc2c1O. The van der Waals surface area contributed by atoms with Gasteiger partial charge in [0.2, 0.25) is 0 Å². The fourth-order valence-electron chi connectivity index (χ4n) is 1.23. The maximum Gasteiger partial charge on any atom is 0.152 e. The van der Waals surface area contributed by atoms with Crippen LogP contribution in [0.5, 0.6) is 5.75 Å². The van der Waals surface area contributed by atoms with Gasteiger partial charge in [-0.2, -0.15) is 0 Å². The molecule has 0 unspecified atom stereocenters. The molecular weight excluding hydrogens is 186 g/mol. The zero-order valence-corrected chi connectivity index (χ0v) is 7.47. The molecule has 1 heterocycles. The Morgan fingerprint density at radius 3 is 3.00 bits per heavy atom. The van der Waals surface area contributed by atoms with Crippen LogP contribution in [-0.4, -0.2) is 11.4 Å². The summed E-state index contributed by atoms with van der Waals surface area (Å²) in [5.41, 5.74) is 6.04. The summed E-state index contributed by atoms with van der Waals surface area (Å²) < 4.78 is 0.869. The predicted octanol–water partition coefficient (Wildman–Crippen LogP) is 2.00. The van der Waals surface area contributed by atoms with Crippen LogP contribution in [0.15, 0.2) is 17.5 Å². The second-order valence-corrected chi connectivity index (χ2v) is 3.63. The number of aldehydes is 1. The largest absolute Gasteiger partial charge is 0.505 e. The first kappa shape index (κ1) is 8.07. The summed E-state index contributed by atoms with van der Waals surface area (Å²) in [4.78, 5) is 10.6. The van der Waals surface area contributed by atoms with Gasteiger partial charge in [-0.05, 0) is 17.5 Å². The van der Waals surface area contributed by atoms with Crippen LogP contribution in [0.3, 0.4) is 0 Å². The summed E-state index contributed by atoms with van der Waals surface area (Å²) in [6, 6.07) is 3.46. The predicted molar refractivity (Wildman–Crippen MR) is 53.3 cm³/mol. The monoisotopic (exact) mass is 193 g/mol. The summed E-state index contributed by atoms with van der Waals surface area (Å²) in [5.74, 6) is 0.000787. The van der Waals surface area contributed by atoms with Crippen LogP contribution in [0.4, 0.5) is 5.69 Å². The van der Waals surface area contributed by atoms with E-state index in [-0.39, 0.29) is 11.4 Å². The minimum absolute atomic E-state index is 0.000787. The number of hydrogen-bond acceptors (Lipinski definition) is 4. The Morgan fingerprint density at radius 2 is 2.31 bits per heavy atom. The Labute approximate surface area is 78.4 Å². The van der Waals surface area contributed by atoms with E-state index < -0.39 is 0 Å². The van der Waals surface area contributed by atoms with E-state index in [2.05, 4.69) is 0 Å². The van der Waals surface area contributed by atoms with Crippen LogP contribution in [0, 0.1) is 0 Å². The smallest absolute Gasteiger partial charge is 0.152 e. The van der Waals surface area contributed by atoms with E-state index in [1.54, 1.807) is 12.1 Å². The van der Waals surface area contributed by atoms with Gasteiger partial charge < -0.3 is 10.8 Å². The number of nitrogen functional groups attached to an aromatic ring is 1. The average molecular weight is 193 g/mol. The molecule has 0 fully saturated rings. The van der Waals surface area contributed by atoms with Crippen LogP contribution in [0.25, 0.3) is 10.1 Å². The number of hydrogen-bond donors (Lipinski definition) is 2. The van der Waals surface area contributed by atoms with E-state index in [0.29, 0.717) is 17.2 Å². The number of carbonyl (C=O) groups is 1. The Morgan fingerprint density at radius 1 is 1.54 bits per heavy atom. The van der Waals surface area contributed by atoms with Crippen molar-refractivity contribution in [3.05, 3.63) is 23.1 Å². The van der Waals surface area contributed by atoms with Crippen molar-refractivity contribution in [3.63, 3.8) is 0 Å². The molecule has 0 bridgehead atoms. The number of carbonyl (C=O) groups excluding carboxylic acids is 1. The number of phenols is 1. The first-order valence-corrected chi connectivity index (χ1v) is 4.56. The summed E-state index contributed by atoms with van der Waals surface area (Å²) in [5, 5.41) is 12.1. The minimum Gasteiger partial charge on any atom is -0.505 e. The van der Waals surface area contributed by atoms with Crippen molar-refractivity contribution in [2.45, 2.75) is 0 Å². The Bertz CT molecular complexity index is 476. The van der Waals surface area contributed by atoms with Crippen molar-refractivity contribution >= 4 is 33.4 Å². The van der Waals surface area contributed by atoms with Crippen molar-refractivity contribution < 1.29 is 9.90 Å². The molecule has 2 aromatic rings. The van der Waals surface area contributed by atoms with E-state index in [4.69, 9.17) is 5.73 Å². The minimum atomic E-state index is 0.000787. The van der Waals surface area contributed by atoms with Gasteiger partial charge >= 0.3 is 0 Å². The van der Waals surface area contributed by atoms with Gasteiger partial charge in [-0.3, -0.25) is 4.79 Å². The van der Waals surface area contributed by atoms with Crippen LogP contribution in [0.2, 0.25) is 0 Å². The second kappa shape index (κ2) is 2.74. The van der Waals surface area contributed by atoms with E-state index >= 15 is 0 Å². The number of rotatable bonds is 1. The summed E-state index contributed by atoms with van der Waals surface area (Å²) >= 11 is 1.47. The van der Waals surface area contributed by atoms with Gasteiger partial charge in [0.15, 0.2) is 6.29 Å². The third-order valence-corrected chi connectivity index (χ3v) is 2.79. The first-order chi connectivity index (χ1) is 6.24. The van der Waals surface area contributed by atoms with E-state index in [0.717, 1.165) is 4.70 Å². The Balaban J connectivity index is 2.91. The Kier molecular flexibility index (Phi) is 1.70. The molecule has 0 saturated heterocycles. The molecule has 0 spiro atoms. The van der Waals surface area contributed by atoms with Gasteiger partial charge in [0.25, 0.3) is 0 Å². The van der Waals surface area contributed by atoms with Crippen molar-refractivity contribution in [1.82, 2.24) is 0 Å². The molecule has 0 saturated carbocycles. The van der Waals surface area contributed by atoms with E-state index in [9.17, 15) is 9.90 Å². The zero-order chi connectivity index (χ0) is 9.42. The molecule has 0 aliphatic rings. The number of phenolic OH excluding ortho intramolecular Hbond substituents is 1. The number of nitrogens with two attached hydrogens (primary N) is 1. The molecule has 0 aliphatic carbocycles. The zero-order valence-electron chi connectivity index (χ0n) is 6.65.